The fraction of sp³-hybridized carbons (Fsp3) is 0.389. The third-order valence-electron chi connectivity index (χ3n) is 3.39. The number of rotatable bonds is 6. The molecule has 25 heavy (non-hydrogen) atoms. The molecule has 0 aliphatic rings. The molecular formula is C18H22N2O5. The first kappa shape index (κ1) is 18.5. The molecule has 134 valence electrons. The summed E-state index contributed by atoms with van der Waals surface area (Å²) in [4.78, 5) is 34.4. The number of ether oxygens (including phenoxy) is 2. The summed E-state index contributed by atoms with van der Waals surface area (Å²) in [6, 6.07) is 7.26. The molecule has 0 spiro atoms. The fourth-order valence-electron chi connectivity index (χ4n) is 2.18. The van der Waals surface area contributed by atoms with E-state index in [2.05, 4.69) is 10.6 Å². The Morgan fingerprint density at radius 3 is 2.28 bits per heavy atom. The zero-order valence-electron chi connectivity index (χ0n) is 14.8. The highest BCUT2D eigenvalue weighted by atomic mass is 16.5. The first-order valence-electron chi connectivity index (χ1n) is 7.89. The minimum Gasteiger partial charge on any atom is -0.491 e. The molecule has 7 heteroatoms. The predicted molar refractivity (Wildman–Crippen MR) is 95.6 cm³/mol. The van der Waals surface area contributed by atoms with Crippen LogP contribution in [0.5, 0.6) is 5.75 Å². The van der Waals surface area contributed by atoms with E-state index in [0.717, 1.165) is 5.56 Å². The van der Waals surface area contributed by atoms with Crippen LogP contribution in [-0.2, 0) is 11.2 Å². The molecule has 0 unspecified atom stereocenters. The van der Waals surface area contributed by atoms with Crippen LogP contribution in [0.25, 0.3) is 0 Å². The van der Waals surface area contributed by atoms with E-state index in [1.54, 1.807) is 12.1 Å². The van der Waals surface area contributed by atoms with E-state index in [1.165, 1.54) is 7.11 Å². The lowest BCUT2D eigenvalue weighted by molar-refractivity contribution is 0.139. The van der Waals surface area contributed by atoms with E-state index >= 15 is 0 Å². The summed E-state index contributed by atoms with van der Waals surface area (Å²) in [5.74, 6) is 0.0485. The maximum atomic E-state index is 11.6. The maximum absolute atomic E-state index is 11.6. The van der Waals surface area contributed by atoms with Crippen LogP contribution in [0.2, 0.25) is 0 Å². The summed E-state index contributed by atoms with van der Waals surface area (Å²) in [5.41, 5.74) is 0.279. The van der Waals surface area contributed by atoms with Crippen LogP contribution < -0.4 is 26.2 Å². The van der Waals surface area contributed by atoms with Gasteiger partial charge < -0.3 is 20.1 Å². The molecule has 0 aliphatic heterocycles. The van der Waals surface area contributed by atoms with E-state index in [9.17, 15) is 14.4 Å². The third kappa shape index (κ3) is 4.82. The quantitative estimate of drug-likeness (QED) is 0.778. The van der Waals surface area contributed by atoms with Crippen molar-refractivity contribution in [2.45, 2.75) is 32.7 Å². The average molecular weight is 346 g/mol. The summed E-state index contributed by atoms with van der Waals surface area (Å²) in [5, 5.41) is 5.59. The number of carbonyl (C=O) groups is 1. The summed E-state index contributed by atoms with van der Waals surface area (Å²) in [7, 11) is 1.35. The predicted octanol–water partition coefficient (Wildman–Crippen LogP) is 2.10. The molecule has 0 aromatic heterocycles. The van der Waals surface area contributed by atoms with Gasteiger partial charge >= 0.3 is 6.09 Å². The summed E-state index contributed by atoms with van der Waals surface area (Å²) in [6.07, 6.45) is 0.124. The molecule has 2 N–H and O–H groups in total. The van der Waals surface area contributed by atoms with Gasteiger partial charge in [0.1, 0.15) is 5.69 Å². The lowest BCUT2D eigenvalue weighted by Crippen LogP contribution is -2.41. The van der Waals surface area contributed by atoms with Crippen molar-refractivity contribution in [3.8, 4) is 5.75 Å². The number of nitrogens with one attached hydrogen (secondary N) is 2. The largest absolute Gasteiger partial charge is 0.491 e. The number of benzene rings is 1. The Bertz CT molecular complexity index is 811. The van der Waals surface area contributed by atoms with Crippen LogP contribution in [0.3, 0.4) is 0 Å². The van der Waals surface area contributed by atoms with Gasteiger partial charge in [-0.25, -0.2) is 4.79 Å². The smallest absolute Gasteiger partial charge is 0.407 e. The molecule has 0 saturated heterocycles. The molecule has 7 nitrogen and oxygen atoms in total. The molecule has 0 atom stereocenters. The Morgan fingerprint density at radius 1 is 1.08 bits per heavy atom. The highest BCUT2D eigenvalue weighted by Gasteiger charge is 2.21. The highest BCUT2D eigenvalue weighted by Crippen LogP contribution is 2.22. The van der Waals surface area contributed by atoms with Crippen molar-refractivity contribution in [3.05, 3.63) is 50.3 Å². The molecule has 0 bridgehead atoms. The van der Waals surface area contributed by atoms with E-state index in [4.69, 9.17) is 9.47 Å². The van der Waals surface area contributed by atoms with Crippen molar-refractivity contribution >= 4 is 17.5 Å². The van der Waals surface area contributed by atoms with Crippen molar-refractivity contribution in [2.75, 3.05) is 19.0 Å². The molecule has 0 radical (unpaired) electrons. The number of amides is 1. The van der Waals surface area contributed by atoms with E-state index in [0.29, 0.717) is 12.1 Å². The van der Waals surface area contributed by atoms with Crippen molar-refractivity contribution in [1.29, 1.82) is 0 Å². The van der Waals surface area contributed by atoms with E-state index in [-0.39, 0.29) is 23.6 Å². The second-order valence-electron chi connectivity index (χ2n) is 6.65. The summed E-state index contributed by atoms with van der Waals surface area (Å²) >= 11 is 0. The Morgan fingerprint density at radius 2 is 1.72 bits per heavy atom. The molecule has 0 aliphatic carbocycles. The number of carbonyl (C=O) groups excluding carboxylic acids is 1. The number of anilines is 2. The summed E-state index contributed by atoms with van der Waals surface area (Å²) in [6.45, 7) is 5.90. The lowest BCUT2D eigenvalue weighted by Gasteiger charge is -2.19. The first-order chi connectivity index (χ1) is 11.7. The van der Waals surface area contributed by atoms with Gasteiger partial charge in [0.05, 0.1) is 13.7 Å². The van der Waals surface area contributed by atoms with Crippen LogP contribution in [0.15, 0.2) is 33.9 Å². The van der Waals surface area contributed by atoms with E-state index in [1.807, 2.05) is 32.9 Å². The van der Waals surface area contributed by atoms with Gasteiger partial charge in [0.15, 0.2) is 5.75 Å². The van der Waals surface area contributed by atoms with Gasteiger partial charge in [-0.2, -0.15) is 0 Å². The summed E-state index contributed by atoms with van der Waals surface area (Å²) < 4.78 is 10.0. The van der Waals surface area contributed by atoms with Crippen molar-refractivity contribution < 1.29 is 14.3 Å². The Hall–Kier alpha value is -2.83. The number of hydrogen-bond donors (Lipinski definition) is 2. The first-order valence-corrected chi connectivity index (χ1v) is 7.89. The topological polar surface area (TPSA) is 93.7 Å². The highest BCUT2D eigenvalue weighted by molar-refractivity contribution is 5.70. The van der Waals surface area contributed by atoms with Gasteiger partial charge in [-0.1, -0.05) is 12.1 Å². The number of alkyl carbamates (subject to hydrolysis) is 1. The second-order valence-corrected chi connectivity index (χ2v) is 6.65. The van der Waals surface area contributed by atoms with Crippen LogP contribution in [-0.4, -0.2) is 25.3 Å². The second kappa shape index (κ2) is 7.38. The Balaban J connectivity index is 1.86. The van der Waals surface area contributed by atoms with Crippen molar-refractivity contribution in [2.24, 2.45) is 0 Å². The monoisotopic (exact) mass is 346 g/mol. The van der Waals surface area contributed by atoms with Crippen LogP contribution in [0, 0.1) is 0 Å². The average Bonchev–Trinajstić information content (AvgIpc) is 2.54. The van der Waals surface area contributed by atoms with Gasteiger partial charge in [-0.3, -0.25) is 9.59 Å². The zero-order valence-corrected chi connectivity index (χ0v) is 14.8. The minimum atomic E-state index is -0.618. The molecule has 0 heterocycles. The molecule has 0 saturated carbocycles. The normalized spacial score (nSPS) is 11.2. The fourth-order valence-corrected chi connectivity index (χ4v) is 2.18. The van der Waals surface area contributed by atoms with Gasteiger partial charge in [0, 0.05) is 17.6 Å². The van der Waals surface area contributed by atoms with Gasteiger partial charge in [0.2, 0.25) is 0 Å². The molecule has 2 aromatic rings. The van der Waals surface area contributed by atoms with Crippen LogP contribution >= 0.6 is 0 Å². The molecule has 1 amide bonds. The maximum Gasteiger partial charge on any atom is 0.407 e. The number of methoxy groups -OCH3 is 1. The standard InChI is InChI=1S/C18H22N2O5/c1-18(2,3)20-17(23)25-10-9-11-5-7-12(8-6-11)19-13-14(21)15(22)16(13)24-4/h5-8,19H,9-10H2,1-4H3,(H,20,23). The SMILES string of the molecule is COc1c(Nc2ccc(CCOC(=O)NC(C)(C)C)cc2)c(=O)c1=O. The Kier molecular flexibility index (Phi) is 5.46. The van der Waals surface area contributed by atoms with Crippen LogP contribution in [0.4, 0.5) is 16.2 Å². The molecule has 2 aromatic carbocycles. The van der Waals surface area contributed by atoms with Crippen molar-refractivity contribution in [1.82, 2.24) is 5.32 Å². The van der Waals surface area contributed by atoms with Gasteiger partial charge in [-0.15, -0.1) is 0 Å². The molecule has 2 rings (SSSR count). The minimum absolute atomic E-state index is 0.0485. The third-order valence-corrected chi connectivity index (χ3v) is 3.39. The van der Waals surface area contributed by atoms with Gasteiger partial charge in [0.25, 0.3) is 10.9 Å². The zero-order chi connectivity index (χ0) is 18.6. The van der Waals surface area contributed by atoms with Crippen molar-refractivity contribution in [3.63, 3.8) is 0 Å². The molecular weight excluding hydrogens is 324 g/mol. The lowest BCUT2D eigenvalue weighted by atomic mass is 10.1. The van der Waals surface area contributed by atoms with E-state index < -0.39 is 17.0 Å². The Labute approximate surface area is 145 Å². The number of hydrogen-bond acceptors (Lipinski definition) is 6. The molecule has 0 fully saturated rings. The van der Waals surface area contributed by atoms with Gasteiger partial charge in [-0.05, 0) is 38.5 Å². The van der Waals surface area contributed by atoms with Crippen LogP contribution in [0.1, 0.15) is 26.3 Å².